The lowest BCUT2D eigenvalue weighted by atomic mass is 10.1. The van der Waals surface area contributed by atoms with Gasteiger partial charge in [-0.3, -0.25) is 4.79 Å². The van der Waals surface area contributed by atoms with Crippen molar-refractivity contribution < 1.29 is 13.9 Å². The molecular weight excluding hydrogens is 232 g/mol. The number of nitrogens with one attached hydrogen (secondary N) is 1. The molecule has 18 heavy (non-hydrogen) atoms. The van der Waals surface area contributed by atoms with Crippen molar-refractivity contribution in [3.05, 3.63) is 36.9 Å². The Morgan fingerprint density at radius 2 is 2.11 bits per heavy atom. The van der Waals surface area contributed by atoms with Gasteiger partial charge in [-0.05, 0) is 31.2 Å². The predicted molar refractivity (Wildman–Crippen MR) is 67.0 cm³/mol. The molecule has 94 valence electrons. The molecule has 0 aliphatic heterocycles. The molecule has 0 saturated carbocycles. The molecule has 0 fully saturated rings. The number of benzene rings is 1. The van der Waals surface area contributed by atoms with Crippen molar-refractivity contribution in [1.82, 2.24) is 4.98 Å². The number of anilines is 1. The van der Waals surface area contributed by atoms with Crippen molar-refractivity contribution in [2.24, 2.45) is 0 Å². The van der Waals surface area contributed by atoms with E-state index in [2.05, 4.69) is 10.3 Å². The van der Waals surface area contributed by atoms with Gasteiger partial charge in [0, 0.05) is 18.4 Å². The van der Waals surface area contributed by atoms with Crippen LogP contribution < -0.4 is 5.32 Å². The van der Waals surface area contributed by atoms with E-state index >= 15 is 0 Å². The number of nitrogens with zero attached hydrogens (tertiary/aromatic N) is 1. The van der Waals surface area contributed by atoms with Crippen LogP contribution in [0.1, 0.15) is 6.92 Å². The Labute approximate surface area is 105 Å². The first-order chi connectivity index (χ1) is 8.70. The topological polar surface area (TPSA) is 64.4 Å². The highest BCUT2D eigenvalue weighted by atomic mass is 16.5. The average Bonchev–Trinajstić information content (AvgIpc) is 2.92. The van der Waals surface area contributed by atoms with Gasteiger partial charge in [0.15, 0.2) is 12.2 Å². The number of amides is 1. The van der Waals surface area contributed by atoms with Crippen LogP contribution in [-0.2, 0) is 9.53 Å². The monoisotopic (exact) mass is 246 g/mol. The van der Waals surface area contributed by atoms with Crippen LogP contribution >= 0.6 is 0 Å². The molecule has 0 aliphatic rings. The van der Waals surface area contributed by atoms with E-state index in [-0.39, 0.29) is 5.91 Å². The van der Waals surface area contributed by atoms with Gasteiger partial charge in [0.1, 0.15) is 6.10 Å². The maximum absolute atomic E-state index is 11.6. The van der Waals surface area contributed by atoms with Crippen LogP contribution in [0.3, 0.4) is 0 Å². The van der Waals surface area contributed by atoms with Gasteiger partial charge in [-0.15, -0.1) is 0 Å². The minimum Gasteiger partial charge on any atom is -0.444 e. The number of carbonyl (C=O) groups is 1. The molecule has 0 spiro atoms. The van der Waals surface area contributed by atoms with Crippen molar-refractivity contribution in [2.45, 2.75) is 13.0 Å². The van der Waals surface area contributed by atoms with Gasteiger partial charge < -0.3 is 14.5 Å². The second-order valence-electron chi connectivity index (χ2n) is 3.81. The molecule has 5 nitrogen and oxygen atoms in total. The Morgan fingerprint density at radius 1 is 1.39 bits per heavy atom. The van der Waals surface area contributed by atoms with Gasteiger partial charge in [-0.25, -0.2) is 4.98 Å². The number of hydrogen-bond acceptors (Lipinski definition) is 4. The smallest absolute Gasteiger partial charge is 0.253 e. The Balaban J connectivity index is 2.06. The summed E-state index contributed by atoms with van der Waals surface area (Å²) in [5.74, 6) is 0.517. The zero-order chi connectivity index (χ0) is 13.0. The SMILES string of the molecule is COC(C)C(=O)Nc1ccc(-c2cnco2)cc1. The fourth-order valence-electron chi connectivity index (χ4n) is 1.43. The molecule has 1 heterocycles. The summed E-state index contributed by atoms with van der Waals surface area (Å²) in [5, 5.41) is 2.75. The predicted octanol–water partition coefficient (Wildman–Crippen LogP) is 2.32. The number of aromatic nitrogens is 1. The van der Waals surface area contributed by atoms with Crippen LogP contribution in [0.25, 0.3) is 11.3 Å². The van der Waals surface area contributed by atoms with E-state index in [9.17, 15) is 4.79 Å². The summed E-state index contributed by atoms with van der Waals surface area (Å²) in [6.07, 6.45) is 2.55. The van der Waals surface area contributed by atoms with Crippen LogP contribution in [0.4, 0.5) is 5.69 Å². The summed E-state index contributed by atoms with van der Waals surface area (Å²) in [7, 11) is 1.50. The first kappa shape index (κ1) is 12.3. The lowest BCUT2D eigenvalue weighted by Gasteiger charge is -2.10. The van der Waals surface area contributed by atoms with Crippen LogP contribution in [-0.4, -0.2) is 24.1 Å². The number of rotatable bonds is 4. The summed E-state index contributed by atoms with van der Waals surface area (Å²) in [6, 6.07) is 7.32. The van der Waals surface area contributed by atoms with Crippen LogP contribution in [0, 0.1) is 0 Å². The van der Waals surface area contributed by atoms with Crippen molar-refractivity contribution >= 4 is 11.6 Å². The quantitative estimate of drug-likeness (QED) is 0.899. The highest BCUT2D eigenvalue weighted by molar-refractivity contribution is 5.94. The van der Waals surface area contributed by atoms with Crippen molar-refractivity contribution in [1.29, 1.82) is 0 Å². The van der Waals surface area contributed by atoms with Crippen molar-refractivity contribution in [3.63, 3.8) is 0 Å². The molecule has 1 aromatic carbocycles. The summed E-state index contributed by atoms with van der Waals surface area (Å²) < 4.78 is 10.1. The van der Waals surface area contributed by atoms with Gasteiger partial charge in [0.2, 0.25) is 0 Å². The summed E-state index contributed by atoms with van der Waals surface area (Å²) in [5.41, 5.74) is 1.62. The van der Waals surface area contributed by atoms with Crippen LogP contribution in [0.2, 0.25) is 0 Å². The largest absolute Gasteiger partial charge is 0.444 e. The molecule has 1 N–H and O–H groups in total. The number of methoxy groups -OCH3 is 1. The van der Waals surface area contributed by atoms with Gasteiger partial charge in [0.25, 0.3) is 5.91 Å². The molecule has 1 amide bonds. The fourth-order valence-corrected chi connectivity index (χ4v) is 1.43. The highest BCUT2D eigenvalue weighted by Crippen LogP contribution is 2.20. The third-order valence-electron chi connectivity index (χ3n) is 2.59. The number of hydrogen-bond donors (Lipinski definition) is 1. The van der Waals surface area contributed by atoms with E-state index in [1.54, 1.807) is 25.3 Å². The minimum atomic E-state index is -0.473. The molecule has 0 aliphatic carbocycles. The van der Waals surface area contributed by atoms with Gasteiger partial charge >= 0.3 is 0 Å². The third-order valence-corrected chi connectivity index (χ3v) is 2.59. The molecule has 0 radical (unpaired) electrons. The molecule has 2 aromatic rings. The molecule has 1 aromatic heterocycles. The lowest BCUT2D eigenvalue weighted by Crippen LogP contribution is -2.26. The fraction of sp³-hybridized carbons (Fsp3) is 0.231. The summed E-state index contributed by atoms with van der Waals surface area (Å²) in [4.78, 5) is 15.4. The first-order valence-electron chi connectivity index (χ1n) is 5.53. The van der Waals surface area contributed by atoms with Crippen LogP contribution in [0.15, 0.2) is 41.3 Å². The third kappa shape index (κ3) is 2.75. The number of ether oxygens (including phenoxy) is 1. The lowest BCUT2D eigenvalue weighted by molar-refractivity contribution is -0.124. The maximum atomic E-state index is 11.6. The Kier molecular flexibility index (Phi) is 3.74. The average molecular weight is 246 g/mol. The second-order valence-corrected chi connectivity index (χ2v) is 3.81. The molecule has 2 rings (SSSR count). The van der Waals surface area contributed by atoms with Crippen molar-refractivity contribution in [3.8, 4) is 11.3 Å². The van der Waals surface area contributed by atoms with E-state index in [0.717, 1.165) is 5.56 Å². The van der Waals surface area contributed by atoms with E-state index < -0.39 is 6.10 Å². The van der Waals surface area contributed by atoms with E-state index in [0.29, 0.717) is 11.4 Å². The Morgan fingerprint density at radius 3 is 2.67 bits per heavy atom. The molecule has 0 bridgehead atoms. The summed E-state index contributed by atoms with van der Waals surface area (Å²) >= 11 is 0. The van der Waals surface area contributed by atoms with Crippen LogP contribution in [0.5, 0.6) is 0 Å². The van der Waals surface area contributed by atoms with E-state index in [1.165, 1.54) is 13.5 Å². The Bertz CT molecular complexity index is 506. The zero-order valence-corrected chi connectivity index (χ0v) is 10.2. The summed E-state index contributed by atoms with van der Waals surface area (Å²) in [6.45, 7) is 1.69. The van der Waals surface area contributed by atoms with E-state index in [1.807, 2.05) is 12.1 Å². The minimum absolute atomic E-state index is 0.176. The molecule has 1 atom stereocenters. The molecular formula is C13H14N2O3. The Hall–Kier alpha value is -2.14. The first-order valence-corrected chi connectivity index (χ1v) is 5.53. The molecule has 5 heteroatoms. The molecule has 0 saturated heterocycles. The number of carbonyl (C=O) groups excluding carboxylic acids is 1. The van der Waals surface area contributed by atoms with Gasteiger partial charge in [-0.1, -0.05) is 0 Å². The highest BCUT2D eigenvalue weighted by Gasteiger charge is 2.11. The van der Waals surface area contributed by atoms with Gasteiger partial charge in [0.05, 0.1) is 6.20 Å². The standard InChI is InChI=1S/C13H14N2O3/c1-9(17-2)13(16)15-11-5-3-10(4-6-11)12-7-14-8-18-12/h3-9H,1-2H3,(H,15,16). The number of oxazole rings is 1. The molecule has 1 unspecified atom stereocenters. The zero-order valence-electron chi connectivity index (χ0n) is 10.2. The maximum Gasteiger partial charge on any atom is 0.253 e. The normalized spacial score (nSPS) is 12.1. The van der Waals surface area contributed by atoms with Gasteiger partial charge in [-0.2, -0.15) is 0 Å². The second kappa shape index (κ2) is 5.46. The van der Waals surface area contributed by atoms with Crippen molar-refractivity contribution in [2.75, 3.05) is 12.4 Å². The van der Waals surface area contributed by atoms with E-state index in [4.69, 9.17) is 9.15 Å².